The molecule has 0 saturated heterocycles. The molecule has 0 aliphatic rings. The monoisotopic (exact) mass is 355 g/mol. The van der Waals surface area contributed by atoms with E-state index < -0.39 is 0 Å². The van der Waals surface area contributed by atoms with E-state index in [1.807, 2.05) is 31.2 Å². The Balaban J connectivity index is 2.38. The van der Waals surface area contributed by atoms with E-state index in [1.165, 1.54) is 0 Å². The van der Waals surface area contributed by atoms with Gasteiger partial charge < -0.3 is 11.1 Å². The number of rotatable bonds is 2. The molecule has 3 nitrogen and oxygen atoms in total. The largest absolute Gasteiger partial charge is 0.397 e. The lowest BCUT2D eigenvalue weighted by molar-refractivity contribution is 1.25. The zero-order chi connectivity index (χ0) is 12.4. The Morgan fingerprint density at radius 2 is 1.88 bits per heavy atom. The van der Waals surface area contributed by atoms with Gasteiger partial charge in [-0.15, -0.1) is 0 Å². The zero-order valence-corrected chi connectivity index (χ0v) is 12.3. The highest BCUT2D eigenvalue weighted by Crippen LogP contribution is 2.33. The molecule has 0 aliphatic carbocycles. The fourth-order valence-corrected chi connectivity index (χ4v) is 2.66. The third-order valence-corrected chi connectivity index (χ3v) is 3.63. The zero-order valence-electron chi connectivity index (χ0n) is 9.17. The summed E-state index contributed by atoms with van der Waals surface area (Å²) < 4.78 is 1.95. The molecule has 88 valence electrons. The maximum absolute atomic E-state index is 5.67. The molecule has 2 aromatic rings. The molecule has 1 aromatic heterocycles. The van der Waals surface area contributed by atoms with Gasteiger partial charge in [0.2, 0.25) is 0 Å². The summed E-state index contributed by atoms with van der Waals surface area (Å²) in [5.41, 5.74) is 8.30. The molecule has 17 heavy (non-hydrogen) atoms. The van der Waals surface area contributed by atoms with Crippen LogP contribution in [0.3, 0.4) is 0 Å². The van der Waals surface area contributed by atoms with Crippen molar-refractivity contribution in [2.24, 2.45) is 0 Å². The number of aryl methyl sites for hydroxylation is 1. The number of pyridine rings is 1. The first-order valence-electron chi connectivity index (χ1n) is 5.01. The Kier molecular flexibility index (Phi) is 3.69. The maximum atomic E-state index is 5.67. The molecular weight excluding hydrogens is 346 g/mol. The smallest absolute Gasteiger partial charge is 0.133 e. The quantitative estimate of drug-likeness (QED) is 0.846. The second-order valence-corrected chi connectivity index (χ2v) is 5.36. The molecule has 0 aliphatic heterocycles. The molecular formula is C12H11Br2N3. The third-order valence-electron chi connectivity index (χ3n) is 2.31. The molecule has 1 heterocycles. The number of para-hydroxylation sites is 1. The van der Waals surface area contributed by atoms with Crippen molar-refractivity contribution < 1.29 is 0 Å². The van der Waals surface area contributed by atoms with Crippen LogP contribution in [0.4, 0.5) is 17.2 Å². The van der Waals surface area contributed by atoms with Gasteiger partial charge in [0.15, 0.2) is 0 Å². The average molecular weight is 357 g/mol. The molecule has 0 fully saturated rings. The fraction of sp³-hybridized carbons (Fsp3) is 0.0833. The minimum absolute atomic E-state index is 0.666. The van der Waals surface area contributed by atoms with Crippen LogP contribution in [0.25, 0.3) is 0 Å². The number of benzene rings is 1. The van der Waals surface area contributed by atoms with Gasteiger partial charge in [0.05, 0.1) is 17.6 Å². The van der Waals surface area contributed by atoms with E-state index in [9.17, 15) is 0 Å². The van der Waals surface area contributed by atoms with E-state index >= 15 is 0 Å². The Morgan fingerprint density at radius 3 is 2.47 bits per heavy atom. The second kappa shape index (κ2) is 5.06. The SMILES string of the molecule is Cc1cc(N)cnc1Nc1c(Br)cccc1Br. The van der Waals surface area contributed by atoms with Gasteiger partial charge in [-0.1, -0.05) is 6.07 Å². The van der Waals surface area contributed by atoms with Crippen LogP contribution in [0.15, 0.2) is 39.4 Å². The molecule has 0 radical (unpaired) electrons. The van der Waals surface area contributed by atoms with Crippen LogP contribution in [0.2, 0.25) is 0 Å². The summed E-state index contributed by atoms with van der Waals surface area (Å²) in [6.07, 6.45) is 1.64. The van der Waals surface area contributed by atoms with Gasteiger partial charge in [-0.2, -0.15) is 0 Å². The summed E-state index contributed by atoms with van der Waals surface area (Å²) in [5.74, 6) is 0.798. The Bertz CT molecular complexity index is 535. The molecule has 0 saturated carbocycles. The van der Waals surface area contributed by atoms with Crippen LogP contribution in [0.5, 0.6) is 0 Å². The number of anilines is 3. The Hall–Kier alpha value is -1.07. The van der Waals surface area contributed by atoms with Gasteiger partial charge in [0.1, 0.15) is 5.82 Å². The number of aromatic nitrogens is 1. The van der Waals surface area contributed by atoms with Crippen molar-refractivity contribution in [3.63, 3.8) is 0 Å². The van der Waals surface area contributed by atoms with E-state index in [1.54, 1.807) is 6.20 Å². The van der Waals surface area contributed by atoms with Crippen LogP contribution < -0.4 is 11.1 Å². The summed E-state index contributed by atoms with van der Waals surface area (Å²) in [7, 11) is 0. The number of hydrogen-bond acceptors (Lipinski definition) is 3. The van der Waals surface area contributed by atoms with E-state index in [0.29, 0.717) is 5.69 Å². The topological polar surface area (TPSA) is 50.9 Å². The molecule has 0 amide bonds. The van der Waals surface area contributed by atoms with Crippen LogP contribution in [0, 0.1) is 6.92 Å². The number of nitrogen functional groups attached to an aromatic ring is 1. The van der Waals surface area contributed by atoms with Gasteiger partial charge in [-0.05, 0) is 62.5 Å². The highest BCUT2D eigenvalue weighted by atomic mass is 79.9. The summed E-state index contributed by atoms with van der Waals surface area (Å²) >= 11 is 7.00. The molecule has 5 heteroatoms. The van der Waals surface area contributed by atoms with Crippen molar-refractivity contribution in [1.82, 2.24) is 4.98 Å². The average Bonchev–Trinajstić information content (AvgIpc) is 2.26. The van der Waals surface area contributed by atoms with Gasteiger partial charge in [0.25, 0.3) is 0 Å². The first-order valence-corrected chi connectivity index (χ1v) is 6.59. The van der Waals surface area contributed by atoms with E-state index in [-0.39, 0.29) is 0 Å². The molecule has 0 atom stereocenters. The molecule has 0 unspecified atom stereocenters. The van der Waals surface area contributed by atoms with E-state index in [2.05, 4.69) is 42.2 Å². The van der Waals surface area contributed by atoms with E-state index in [4.69, 9.17) is 5.73 Å². The van der Waals surface area contributed by atoms with Crippen molar-refractivity contribution in [3.8, 4) is 0 Å². The summed E-state index contributed by atoms with van der Waals surface area (Å²) in [4.78, 5) is 4.28. The van der Waals surface area contributed by atoms with Crippen LogP contribution in [-0.2, 0) is 0 Å². The van der Waals surface area contributed by atoms with Crippen LogP contribution in [0.1, 0.15) is 5.56 Å². The molecule has 1 aromatic carbocycles. The summed E-state index contributed by atoms with van der Waals surface area (Å²) in [6.45, 7) is 1.97. The summed E-state index contributed by atoms with van der Waals surface area (Å²) in [5, 5.41) is 3.28. The first-order chi connectivity index (χ1) is 8.08. The van der Waals surface area contributed by atoms with Gasteiger partial charge in [-0.25, -0.2) is 4.98 Å². The molecule has 0 bridgehead atoms. The number of nitrogens with zero attached hydrogens (tertiary/aromatic N) is 1. The molecule has 0 spiro atoms. The second-order valence-electron chi connectivity index (χ2n) is 3.66. The van der Waals surface area contributed by atoms with Crippen molar-refractivity contribution in [1.29, 1.82) is 0 Å². The molecule has 3 N–H and O–H groups in total. The van der Waals surface area contributed by atoms with Crippen molar-refractivity contribution in [2.45, 2.75) is 6.92 Å². The van der Waals surface area contributed by atoms with Crippen molar-refractivity contribution in [3.05, 3.63) is 45.0 Å². The van der Waals surface area contributed by atoms with Crippen LogP contribution in [-0.4, -0.2) is 4.98 Å². The Labute approximate surface area is 117 Å². The van der Waals surface area contributed by atoms with E-state index in [0.717, 1.165) is 26.0 Å². The standard InChI is InChI=1S/C12H11Br2N3/c1-7-5-8(15)6-16-12(7)17-11-9(13)3-2-4-10(11)14/h2-6H,15H2,1H3,(H,16,17). The fourth-order valence-electron chi connectivity index (χ4n) is 1.46. The van der Waals surface area contributed by atoms with Gasteiger partial charge in [0, 0.05) is 8.95 Å². The van der Waals surface area contributed by atoms with Gasteiger partial charge in [-0.3, -0.25) is 0 Å². The predicted molar refractivity (Wildman–Crippen MR) is 78.5 cm³/mol. The van der Waals surface area contributed by atoms with Gasteiger partial charge >= 0.3 is 0 Å². The first kappa shape index (κ1) is 12.4. The highest BCUT2D eigenvalue weighted by molar-refractivity contribution is 9.11. The number of halogens is 2. The summed E-state index contributed by atoms with van der Waals surface area (Å²) in [6, 6.07) is 7.79. The molecule has 2 rings (SSSR count). The highest BCUT2D eigenvalue weighted by Gasteiger charge is 2.07. The normalized spacial score (nSPS) is 10.3. The Morgan fingerprint density at radius 1 is 1.24 bits per heavy atom. The third kappa shape index (κ3) is 2.79. The van der Waals surface area contributed by atoms with Crippen molar-refractivity contribution >= 4 is 49.1 Å². The minimum Gasteiger partial charge on any atom is -0.397 e. The predicted octanol–water partition coefficient (Wildman–Crippen LogP) is 4.24. The lowest BCUT2D eigenvalue weighted by Crippen LogP contribution is -1.99. The lowest BCUT2D eigenvalue weighted by atomic mass is 10.2. The number of hydrogen-bond donors (Lipinski definition) is 2. The van der Waals surface area contributed by atoms with Crippen molar-refractivity contribution in [2.75, 3.05) is 11.1 Å². The maximum Gasteiger partial charge on any atom is 0.133 e. The van der Waals surface area contributed by atoms with Crippen LogP contribution >= 0.6 is 31.9 Å². The minimum atomic E-state index is 0.666. The number of nitrogens with one attached hydrogen (secondary N) is 1. The number of nitrogens with two attached hydrogens (primary N) is 1. The lowest BCUT2D eigenvalue weighted by Gasteiger charge is -2.12.